The molecule has 13 heavy (non-hydrogen) atoms. The van der Waals surface area contributed by atoms with E-state index in [0.29, 0.717) is 0 Å². The maximum absolute atomic E-state index is 5.77. The molecule has 1 aliphatic carbocycles. The molecule has 2 fully saturated rings. The van der Waals surface area contributed by atoms with Crippen LogP contribution in [0.4, 0.5) is 0 Å². The van der Waals surface area contributed by atoms with Crippen LogP contribution in [0.2, 0.25) is 0 Å². The maximum Gasteiger partial charge on any atom is 0.0238 e. The van der Waals surface area contributed by atoms with Gasteiger partial charge in [0.05, 0.1) is 0 Å². The normalized spacial score (nSPS) is 28.8. The van der Waals surface area contributed by atoms with Gasteiger partial charge in [-0.15, -0.1) is 24.0 Å². The zero-order valence-electron chi connectivity index (χ0n) is 8.04. The number of likely N-dealkylation sites (tertiary alicyclic amines) is 1. The Morgan fingerprint density at radius 2 is 2.00 bits per heavy atom. The third-order valence-electron chi connectivity index (χ3n) is 3.13. The van der Waals surface area contributed by atoms with Crippen molar-refractivity contribution in [3.63, 3.8) is 0 Å². The summed E-state index contributed by atoms with van der Waals surface area (Å²) < 4.78 is 0. The lowest BCUT2D eigenvalue weighted by Crippen LogP contribution is -2.31. The molecule has 2 aliphatic rings. The summed E-state index contributed by atoms with van der Waals surface area (Å²) in [5.74, 6) is 1.88. The highest BCUT2D eigenvalue weighted by Gasteiger charge is 2.30. The van der Waals surface area contributed by atoms with Crippen LogP contribution in [0.15, 0.2) is 0 Å². The molecule has 1 heterocycles. The molecule has 78 valence electrons. The lowest BCUT2D eigenvalue weighted by Gasteiger charge is -2.23. The summed E-state index contributed by atoms with van der Waals surface area (Å²) >= 11 is 5.77. The van der Waals surface area contributed by atoms with Crippen LogP contribution in [-0.4, -0.2) is 29.9 Å². The quantitative estimate of drug-likeness (QED) is 0.663. The van der Waals surface area contributed by atoms with Crippen molar-refractivity contribution in [3.05, 3.63) is 0 Å². The first-order valence-corrected chi connectivity index (χ1v) is 5.73. The van der Waals surface area contributed by atoms with Crippen LogP contribution < -0.4 is 0 Å². The van der Waals surface area contributed by atoms with Crippen molar-refractivity contribution in [2.24, 2.45) is 5.92 Å². The van der Waals surface area contributed by atoms with E-state index >= 15 is 0 Å². The van der Waals surface area contributed by atoms with Crippen LogP contribution >= 0.6 is 24.0 Å². The second kappa shape index (κ2) is 5.43. The lowest BCUT2D eigenvalue weighted by atomic mass is 10.1. The van der Waals surface area contributed by atoms with Gasteiger partial charge in [0, 0.05) is 18.5 Å². The van der Waals surface area contributed by atoms with Crippen molar-refractivity contribution in [3.8, 4) is 0 Å². The number of alkyl halides is 1. The van der Waals surface area contributed by atoms with E-state index in [4.69, 9.17) is 11.6 Å². The van der Waals surface area contributed by atoms with E-state index < -0.39 is 0 Å². The largest absolute Gasteiger partial charge is 0.300 e. The molecule has 0 radical (unpaired) electrons. The van der Waals surface area contributed by atoms with Crippen LogP contribution in [0.3, 0.4) is 0 Å². The van der Waals surface area contributed by atoms with E-state index in [1.807, 2.05) is 0 Å². The molecule has 0 N–H and O–H groups in total. The van der Waals surface area contributed by atoms with Crippen molar-refractivity contribution in [1.29, 1.82) is 0 Å². The Kier molecular flexibility index (Phi) is 4.85. The predicted molar refractivity (Wildman–Crippen MR) is 59.9 cm³/mol. The Morgan fingerprint density at radius 3 is 2.62 bits per heavy atom. The number of halogens is 2. The standard InChI is InChI=1S/C10H18ClN.ClH/c11-6-5-10-2-1-7-12(10)8-9-3-4-9;/h9-10H,1-8H2;1H. The Balaban J connectivity index is 0.000000845. The topological polar surface area (TPSA) is 3.24 Å². The summed E-state index contributed by atoms with van der Waals surface area (Å²) in [6.07, 6.45) is 6.94. The van der Waals surface area contributed by atoms with Crippen molar-refractivity contribution in [1.82, 2.24) is 4.90 Å². The molecule has 1 atom stereocenters. The van der Waals surface area contributed by atoms with Gasteiger partial charge in [-0.3, -0.25) is 0 Å². The van der Waals surface area contributed by atoms with E-state index in [9.17, 15) is 0 Å². The molecule has 1 unspecified atom stereocenters. The number of rotatable bonds is 4. The second-order valence-corrected chi connectivity index (χ2v) is 4.59. The van der Waals surface area contributed by atoms with Gasteiger partial charge in [-0.05, 0) is 44.6 Å². The van der Waals surface area contributed by atoms with Crippen LogP contribution in [0.25, 0.3) is 0 Å². The minimum atomic E-state index is 0. The molecule has 1 saturated heterocycles. The summed E-state index contributed by atoms with van der Waals surface area (Å²) in [5.41, 5.74) is 0. The zero-order chi connectivity index (χ0) is 8.39. The van der Waals surface area contributed by atoms with E-state index in [1.54, 1.807) is 0 Å². The third kappa shape index (κ3) is 3.30. The zero-order valence-corrected chi connectivity index (χ0v) is 9.62. The molecule has 0 spiro atoms. The number of hydrogen-bond acceptors (Lipinski definition) is 1. The van der Waals surface area contributed by atoms with Crippen LogP contribution in [-0.2, 0) is 0 Å². The van der Waals surface area contributed by atoms with Gasteiger partial charge in [-0.2, -0.15) is 0 Å². The summed E-state index contributed by atoms with van der Waals surface area (Å²) in [6, 6.07) is 0.822. The molecule has 0 bridgehead atoms. The Hall–Kier alpha value is 0.540. The van der Waals surface area contributed by atoms with Crippen molar-refractivity contribution < 1.29 is 0 Å². The van der Waals surface area contributed by atoms with E-state index in [0.717, 1.165) is 17.8 Å². The number of nitrogens with zero attached hydrogens (tertiary/aromatic N) is 1. The molecule has 0 aromatic heterocycles. The van der Waals surface area contributed by atoms with Crippen LogP contribution in [0.5, 0.6) is 0 Å². The lowest BCUT2D eigenvalue weighted by molar-refractivity contribution is 0.239. The molecule has 0 aromatic rings. The highest BCUT2D eigenvalue weighted by molar-refractivity contribution is 6.17. The fourth-order valence-electron chi connectivity index (χ4n) is 2.22. The van der Waals surface area contributed by atoms with Gasteiger partial charge in [-0.1, -0.05) is 0 Å². The highest BCUT2D eigenvalue weighted by atomic mass is 35.5. The fourth-order valence-corrected chi connectivity index (χ4v) is 2.47. The first kappa shape index (κ1) is 11.6. The molecule has 1 saturated carbocycles. The first-order valence-electron chi connectivity index (χ1n) is 5.20. The SMILES string of the molecule is Cl.ClCCC1CCCN1CC1CC1. The minimum Gasteiger partial charge on any atom is -0.300 e. The Labute approximate surface area is 92.2 Å². The van der Waals surface area contributed by atoms with Crippen LogP contribution in [0, 0.1) is 5.92 Å². The summed E-state index contributed by atoms with van der Waals surface area (Å²) in [5, 5.41) is 0. The summed E-state index contributed by atoms with van der Waals surface area (Å²) in [7, 11) is 0. The van der Waals surface area contributed by atoms with Gasteiger partial charge < -0.3 is 4.90 Å². The minimum absolute atomic E-state index is 0. The molecule has 1 nitrogen and oxygen atoms in total. The van der Waals surface area contributed by atoms with Gasteiger partial charge in [0.2, 0.25) is 0 Å². The highest BCUT2D eigenvalue weighted by Crippen LogP contribution is 2.32. The summed E-state index contributed by atoms with van der Waals surface area (Å²) in [6.45, 7) is 2.69. The van der Waals surface area contributed by atoms with E-state index in [2.05, 4.69) is 4.90 Å². The van der Waals surface area contributed by atoms with Gasteiger partial charge >= 0.3 is 0 Å². The van der Waals surface area contributed by atoms with Gasteiger partial charge in [0.1, 0.15) is 0 Å². The molecular weight excluding hydrogens is 205 g/mol. The maximum atomic E-state index is 5.77. The number of hydrogen-bond donors (Lipinski definition) is 0. The van der Waals surface area contributed by atoms with Gasteiger partial charge in [0.25, 0.3) is 0 Å². The average Bonchev–Trinajstić information content (AvgIpc) is 2.76. The Morgan fingerprint density at radius 1 is 1.23 bits per heavy atom. The van der Waals surface area contributed by atoms with Crippen LogP contribution in [0.1, 0.15) is 32.1 Å². The molecular formula is C10H19Cl2N. The van der Waals surface area contributed by atoms with E-state index in [-0.39, 0.29) is 12.4 Å². The average molecular weight is 224 g/mol. The molecule has 2 rings (SSSR count). The van der Waals surface area contributed by atoms with Crippen molar-refractivity contribution in [2.45, 2.75) is 38.1 Å². The molecule has 3 heteroatoms. The second-order valence-electron chi connectivity index (χ2n) is 4.21. The van der Waals surface area contributed by atoms with Crippen molar-refractivity contribution >= 4 is 24.0 Å². The van der Waals surface area contributed by atoms with Gasteiger partial charge in [-0.25, -0.2) is 0 Å². The molecule has 0 amide bonds. The summed E-state index contributed by atoms with van der Waals surface area (Å²) in [4.78, 5) is 2.67. The monoisotopic (exact) mass is 223 g/mol. The fraction of sp³-hybridized carbons (Fsp3) is 1.00. The first-order chi connectivity index (χ1) is 5.90. The Bertz CT molecular complexity index is 148. The van der Waals surface area contributed by atoms with Gasteiger partial charge in [0.15, 0.2) is 0 Å². The predicted octanol–water partition coefficient (Wildman–Crippen LogP) is 2.91. The molecule has 1 aliphatic heterocycles. The smallest absolute Gasteiger partial charge is 0.0238 e. The molecule has 0 aromatic carbocycles. The third-order valence-corrected chi connectivity index (χ3v) is 3.35. The van der Waals surface area contributed by atoms with E-state index in [1.165, 1.54) is 45.2 Å². The van der Waals surface area contributed by atoms with Crippen molar-refractivity contribution in [2.75, 3.05) is 19.0 Å².